The maximum absolute atomic E-state index is 12.7. The Kier molecular flexibility index (Phi) is 8.31. The minimum absolute atomic E-state index is 0.132. The van der Waals surface area contributed by atoms with Crippen LogP contribution in [0.25, 0.3) is 6.08 Å². The van der Waals surface area contributed by atoms with Crippen molar-refractivity contribution in [1.82, 2.24) is 0 Å². The average molecular weight is 495 g/mol. The molecule has 0 spiro atoms. The van der Waals surface area contributed by atoms with E-state index in [1.165, 1.54) is 12.1 Å². The Balaban J connectivity index is 1.85. The van der Waals surface area contributed by atoms with Crippen molar-refractivity contribution in [2.24, 2.45) is 0 Å². The van der Waals surface area contributed by atoms with E-state index in [-0.39, 0.29) is 11.3 Å². The molecule has 1 amide bonds. The Morgan fingerprint density at radius 2 is 1.79 bits per heavy atom. The quantitative estimate of drug-likeness (QED) is 0.176. The van der Waals surface area contributed by atoms with E-state index in [2.05, 4.69) is 5.32 Å². The monoisotopic (exact) mass is 494 g/mol. The Labute approximate surface area is 207 Å². The lowest BCUT2D eigenvalue weighted by atomic mass is 10.1. The average Bonchev–Trinajstić information content (AvgIpc) is 2.82. The minimum Gasteiger partial charge on any atom is -0.490 e. The van der Waals surface area contributed by atoms with Crippen molar-refractivity contribution in [2.75, 3.05) is 11.9 Å². The molecule has 0 unspecified atom stereocenters. The maximum Gasteiger partial charge on any atom is 0.343 e. The first kappa shape index (κ1) is 24.8. The molecule has 0 saturated heterocycles. The Morgan fingerprint density at radius 1 is 1.06 bits per heavy atom. The van der Waals surface area contributed by atoms with Gasteiger partial charge in [-0.25, -0.2) is 4.79 Å². The number of halogens is 2. The van der Waals surface area contributed by atoms with Crippen molar-refractivity contribution in [2.45, 2.75) is 13.8 Å². The van der Waals surface area contributed by atoms with Gasteiger partial charge in [0.1, 0.15) is 11.6 Å². The van der Waals surface area contributed by atoms with Gasteiger partial charge in [0.05, 0.1) is 22.9 Å². The zero-order valence-electron chi connectivity index (χ0n) is 18.4. The second-order valence-corrected chi connectivity index (χ2v) is 7.93. The van der Waals surface area contributed by atoms with Crippen molar-refractivity contribution in [3.8, 4) is 17.6 Å². The fourth-order valence-electron chi connectivity index (χ4n) is 3.00. The van der Waals surface area contributed by atoms with Crippen LogP contribution in [-0.4, -0.2) is 18.5 Å². The van der Waals surface area contributed by atoms with E-state index in [1.807, 2.05) is 6.07 Å². The topological polar surface area (TPSA) is 88.4 Å². The van der Waals surface area contributed by atoms with Gasteiger partial charge in [-0.1, -0.05) is 41.4 Å². The molecule has 0 atom stereocenters. The van der Waals surface area contributed by atoms with Crippen LogP contribution >= 0.6 is 23.2 Å². The van der Waals surface area contributed by atoms with Crippen LogP contribution in [0.4, 0.5) is 5.69 Å². The number of hydrogen-bond acceptors (Lipinski definition) is 5. The van der Waals surface area contributed by atoms with E-state index in [4.69, 9.17) is 32.7 Å². The van der Waals surface area contributed by atoms with E-state index in [0.717, 1.165) is 5.56 Å². The minimum atomic E-state index is -0.602. The van der Waals surface area contributed by atoms with E-state index >= 15 is 0 Å². The molecule has 1 N–H and O–H groups in total. The fraction of sp³-hybridized carbons (Fsp3) is 0.115. The maximum atomic E-state index is 12.7. The molecular weight excluding hydrogens is 475 g/mol. The number of esters is 1. The van der Waals surface area contributed by atoms with Crippen molar-refractivity contribution in [1.29, 1.82) is 5.26 Å². The second-order valence-electron chi connectivity index (χ2n) is 7.09. The number of nitriles is 1. The molecule has 0 aromatic heterocycles. The number of amides is 1. The van der Waals surface area contributed by atoms with Crippen LogP contribution in [0.15, 0.2) is 66.2 Å². The summed E-state index contributed by atoms with van der Waals surface area (Å²) in [6.07, 6.45) is 1.41. The smallest absolute Gasteiger partial charge is 0.343 e. The van der Waals surface area contributed by atoms with Crippen LogP contribution in [0.2, 0.25) is 10.0 Å². The van der Waals surface area contributed by atoms with Gasteiger partial charge in [-0.2, -0.15) is 5.26 Å². The standard InChI is InChI=1S/C26H20Cl2N2O4/c1-3-33-23-14-17(7-12-22(23)34-26(32)18-8-10-20(27)11-9-18)13-19(15-29)25(31)30-24-16(2)5-4-6-21(24)28/h4-14H,3H2,1-2H3,(H,30,31)/b19-13+. The summed E-state index contributed by atoms with van der Waals surface area (Å²) >= 11 is 12.0. The molecule has 3 aromatic carbocycles. The molecule has 172 valence electrons. The van der Waals surface area contributed by atoms with E-state index in [9.17, 15) is 14.9 Å². The number of rotatable bonds is 7. The molecule has 0 radical (unpaired) electrons. The van der Waals surface area contributed by atoms with Crippen molar-refractivity contribution in [3.05, 3.63) is 93.0 Å². The lowest BCUT2D eigenvalue weighted by Gasteiger charge is -2.12. The number of nitrogens with one attached hydrogen (secondary N) is 1. The molecule has 3 aromatic rings. The predicted molar refractivity (Wildman–Crippen MR) is 132 cm³/mol. The number of anilines is 1. The van der Waals surface area contributed by atoms with Gasteiger partial charge in [-0.05, 0) is 73.5 Å². The van der Waals surface area contributed by atoms with Crippen molar-refractivity contribution < 1.29 is 19.1 Å². The zero-order chi connectivity index (χ0) is 24.7. The number of carbonyl (C=O) groups is 2. The van der Waals surface area contributed by atoms with Gasteiger partial charge in [-0.15, -0.1) is 0 Å². The van der Waals surface area contributed by atoms with Crippen LogP contribution < -0.4 is 14.8 Å². The number of aryl methyl sites for hydroxylation is 1. The molecule has 34 heavy (non-hydrogen) atoms. The number of ether oxygens (including phenoxy) is 2. The third-order valence-electron chi connectivity index (χ3n) is 4.69. The highest BCUT2D eigenvalue weighted by Crippen LogP contribution is 2.31. The number of nitrogens with zero attached hydrogens (tertiary/aromatic N) is 1. The molecule has 0 aliphatic heterocycles. The van der Waals surface area contributed by atoms with Gasteiger partial charge in [0.25, 0.3) is 5.91 Å². The lowest BCUT2D eigenvalue weighted by molar-refractivity contribution is -0.112. The van der Waals surface area contributed by atoms with Gasteiger partial charge < -0.3 is 14.8 Å². The van der Waals surface area contributed by atoms with Crippen LogP contribution in [0, 0.1) is 18.3 Å². The summed E-state index contributed by atoms with van der Waals surface area (Å²) in [5.74, 6) is -0.685. The number of benzene rings is 3. The van der Waals surface area contributed by atoms with Crippen LogP contribution in [0.5, 0.6) is 11.5 Å². The molecule has 0 heterocycles. The number of hydrogen-bond donors (Lipinski definition) is 1. The highest BCUT2D eigenvalue weighted by molar-refractivity contribution is 6.34. The van der Waals surface area contributed by atoms with Crippen LogP contribution in [0.1, 0.15) is 28.4 Å². The molecule has 3 rings (SSSR count). The Hall–Kier alpha value is -3.79. The van der Waals surface area contributed by atoms with Gasteiger partial charge in [0.15, 0.2) is 11.5 Å². The van der Waals surface area contributed by atoms with Crippen LogP contribution in [0.3, 0.4) is 0 Å². The predicted octanol–water partition coefficient (Wildman–Crippen LogP) is 6.47. The van der Waals surface area contributed by atoms with Gasteiger partial charge in [-0.3, -0.25) is 4.79 Å². The van der Waals surface area contributed by atoms with Crippen LogP contribution in [-0.2, 0) is 4.79 Å². The second kappa shape index (κ2) is 11.4. The summed E-state index contributed by atoms with van der Waals surface area (Å²) in [7, 11) is 0. The molecule has 0 bridgehead atoms. The third-order valence-corrected chi connectivity index (χ3v) is 5.25. The molecule has 0 fully saturated rings. The number of carbonyl (C=O) groups excluding carboxylic acids is 2. The first-order valence-corrected chi connectivity index (χ1v) is 11.0. The molecule has 8 heteroatoms. The molecule has 0 aliphatic carbocycles. The summed E-state index contributed by atoms with van der Waals surface area (Å²) < 4.78 is 11.1. The highest BCUT2D eigenvalue weighted by Gasteiger charge is 2.16. The fourth-order valence-corrected chi connectivity index (χ4v) is 3.39. The lowest BCUT2D eigenvalue weighted by Crippen LogP contribution is -2.14. The molecule has 0 aliphatic rings. The highest BCUT2D eigenvalue weighted by atomic mass is 35.5. The Morgan fingerprint density at radius 3 is 2.44 bits per heavy atom. The summed E-state index contributed by atoms with van der Waals surface area (Å²) in [5, 5.41) is 13.1. The van der Waals surface area contributed by atoms with Gasteiger partial charge in [0.2, 0.25) is 0 Å². The molecule has 0 saturated carbocycles. The van der Waals surface area contributed by atoms with Gasteiger partial charge in [0, 0.05) is 5.02 Å². The van der Waals surface area contributed by atoms with E-state index in [1.54, 1.807) is 68.4 Å². The molecular formula is C26H20Cl2N2O4. The largest absolute Gasteiger partial charge is 0.490 e. The van der Waals surface area contributed by atoms with Crippen molar-refractivity contribution >= 4 is 46.8 Å². The first-order chi connectivity index (χ1) is 16.3. The van der Waals surface area contributed by atoms with Crippen molar-refractivity contribution in [3.63, 3.8) is 0 Å². The first-order valence-electron chi connectivity index (χ1n) is 10.2. The normalized spacial score (nSPS) is 10.9. The zero-order valence-corrected chi connectivity index (χ0v) is 19.9. The SMILES string of the molecule is CCOc1cc(/C=C(\C#N)C(=O)Nc2c(C)cccc2Cl)ccc1OC(=O)c1ccc(Cl)cc1. The summed E-state index contributed by atoms with van der Waals surface area (Å²) in [6, 6.07) is 18.1. The number of para-hydroxylation sites is 1. The van der Waals surface area contributed by atoms with E-state index in [0.29, 0.717) is 39.2 Å². The third kappa shape index (κ3) is 6.16. The summed E-state index contributed by atoms with van der Waals surface area (Å²) in [6.45, 7) is 3.90. The van der Waals surface area contributed by atoms with Gasteiger partial charge >= 0.3 is 5.97 Å². The Bertz CT molecular complexity index is 1270. The summed E-state index contributed by atoms with van der Waals surface area (Å²) in [5.41, 5.74) is 1.91. The molecule has 6 nitrogen and oxygen atoms in total. The summed E-state index contributed by atoms with van der Waals surface area (Å²) in [4.78, 5) is 25.2. The van der Waals surface area contributed by atoms with E-state index < -0.39 is 11.9 Å².